The lowest BCUT2D eigenvalue weighted by Gasteiger charge is -2.16. The molecule has 0 unspecified atom stereocenters. The topological polar surface area (TPSA) is 38.7 Å². The Bertz CT molecular complexity index is 509. The minimum absolute atomic E-state index is 0.498. The molecule has 17 heavy (non-hydrogen) atoms. The van der Waals surface area contributed by atoms with Gasteiger partial charge in [-0.25, -0.2) is 4.21 Å². The van der Waals surface area contributed by atoms with Gasteiger partial charge in [0.15, 0.2) is 0 Å². The third kappa shape index (κ3) is 2.93. The van der Waals surface area contributed by atoms with E-state index in [0.29, 0.717) is 28.0 Å². The van der Waals surface area contributed by atoms with Crippen molar-refractivity contribution in [2.45, 2.75) is 19.3 Å². The van der Waals surface area contributed by atoms with Crippen molar-refractivity contribution in [1.29, 1.82) is 0 Å². The number of nitrogens with zero attached hydrogens (tertiary/aromatic N) is 1. The highest BCUT2D eigenvalue weighted by molar-refractivity contribution is 7.93. The van der Waals surface area contributed by atoms with E-state index in [-0.39, 0.29) is 0 Å². The zero-order chi connectivity index (χ0) is 12.3. The second-order valence-corrected chi connectivity index (χ2v) is 7.07. The molecule has 1 aromatic rings. The number of hydrogen-bond donors (Lipinski definition) is 0. The molecule has 1 fully saturated rings. The molecular weight excluding hydrogens is 258 g/mol. The third-order valence-corrected chi connectivity index (χ3v) is 5.53. The first-order valence-corrected chi connectivity index (χ1v) is 7.93. The van der Waals surface area contributed by atoms with Crippen molar-refractivity contribution < 1.29 is 8.95 Å². The van der Waals surface area contributed by atoms with Crippen molar-refractivity contribution in [2.24, 2.45) is 4.36 Å². The SMILES string of the molecule is COc1cccc(Cl)c1N=S1(=O)CCCCC1. The number of benzene rings is 1. The Kier molecular flexibility index (Phi) is 3.94. The van der Waals surface area contributed by atoms with Crippen LogP contribution >= 0.6 is 11.6 Å². The second-order valence-electron chi connectivity index (χ2n) is 4.12. The number of ether oxygens (including phenoxy) is 1. The summed E-state index contributed by atoms with van der Waals surface area (Å²) in [5.41, 5.74) is 0.531. The maximum Gasteiger partial charge on any atom is 0.146 e. The first-order valence-electron chi connectivity index (χ1n) is 5.70. The Morgan fingerprint density at radius 2 is 2.00 bits per heavy atom. The average Bonchev–Trinajstić information content (AvgIpc) is 2.32. The molecule has 0 radical (unpaired) electrons. The lowest BCUT2D eigenvalue weighted by molar-refractivity contribution is 0.416. The van der Waals surface area contributed by atoms with Crippen LogP contribution in [0.4, 0.5) is 5.69 Å². The molecule has 0 N–H and O–H groups in total. The monoisotopic (exact) mass is 273 g/mol. The summed E-state index contributed by atoms with van der Waals surface area (Å²) in [6, 6.07) is 5.33. The average molecular weight is 274 g/mol. The molecule has 0 spiro atoms. The molecule has 5 heteroatoms. The fourth-order valence-electron chi connectivity index (χ4n) is 1.94. The zero-order valence-corrected chi connectivity index (χ0v) is 11.4. The number of methoxy groups -OCH3 is 1. The van der Waals surface area contributed by atoms with Crippen molar-refractivity contribution in [3.8, 4) is 5.75 Å². The predicted octanol–water partition coefficient (Wildman–Crippen LogP) is 3.63. The zero-order valence-electron chi connectivity index (χ0n) is 9.82. The van der Waals surface area contributed by atoms with E-state index < -0.39 is 9.73 Å². The van der Waals surface area contributed by atoms with Gasteiger partial charge >= 0.3 is 0 Å². The van der Waals surface area contributed by atoms with Crippen LogP contribution in [-0.2, 0) is 9.73 Å². The molecule has 94 valence electrons. The molecule has 1 heterocycles. The molecule has 3 nitrogen and oxygen atoms in total. The van der Waals surface area contributed by atoms with Crippen LogP contribution in [0.25, 0.3) is 0 Å². The molecule has 1 aliphatic heterocycles. The molecule has 0 aliphatic carbocycles. The quantitative estimate of drug-likeness (QED) is 0.825. The Morgan fingerprint density at radius 1 is 1.29 bits per heavy atom. The highest BCUT2D eigenvalue weighted by atomic mass is 35.5. The Hall–Kier alpha value is -0.740. The normalized spacial score (nSPS) is 18.7. The van der Waals surface area contributed by atoms with Gasteiger partial charge in [-0.1, -0.05) is 24.1 Å². The van der Waals surface area contributed by atoms with Gasteiger partial charge in [0.2, 0.25) is 0 Å². The number of rotatable bonds is 2. The maximum absolute atomic E-state index is 12.5. The van der Waals surface area contributed by atoms with E-state index in [9.17, 15) is 4.21 Å². The van der Waals surface area contributed by atoms with Crippen molar-refractivity contribution in [3.63, 3.8) is 0 Å². The minimum Gasteiger partial charge on any atom is -0.494 e. The lowest BCUT2D eigenvalue weighted by atomic mass is 10.3. The second kappa shape index (κ2) is 5.27. The van der Waals surface area contributed by atoms with Crippen molar-refractivity contribution in [3.05, 3.63) is 23.2 Å². The smallest absolute Gasteiger partial charge is 0.146 e. The number of halogens is 1. The van der Waals surface area contributed by atoms with Crippen molar-refractivity contribution in [2.75, 3.05) is 18.6 Å². The molecule has 1 aromatic carbocycles. The summed E-state index contributed by atoms with van der Waals surface area (Å²) in [5, 5.41) is 0.498. The largest absolute Gasteiger partial charge is 0.494 e. The molecule has 1 aliphatic rings. The first kappa shape index (κ1) is 12.7. The van der Waals surface area contributed by atoms with Gasteiger partial charge in [0.05, 0.1) is 21.9 Å². The van der Waals surface area contributed by atoms with Gasteiger partial charge in [0, 0.05) is 11.5 Å². The van der Waals surface area contributed by atoms with Crippen LogP contribution in [0, 0.1) is 0 Å². The van der Waals surface area contributed by atoms with E-state index in [4.69, 9.17) is 16.3 Å². The third-order valence-electron chi connectivity index (χ3n) is 2.85. The summed E-state index contributed by atoms with van der Waals surface area (Å²) in [5.74, 6) is 1.92. The van der Waals surface area contributed by atoms with Gasteiger partial charge < -0.3 is 4.74 Å². The van der Waals surface area contributed by atoms with Crippen molar-refractivity contribution in [1.82, 2.24) is 0 Å². The highest BCUT2D eigenvalue weighted by Crippen LogP contribution is 2.36. The van der Waals surface area contributed by atoms with Crippen LogP contribution < -0.4 is 4.74 Å². The number of hydrogen-bond acceptors (Lipinski definition) is 3. The molecular formula is C12H16ClNO2S. The summed E-state index contributed by atoms with van der Waals surface area (Å²) in [6.45, 7) is 0. The highest BCUT2D eigenvalue weighted by Gasteiger charge is 2.17. The van der Waals surface area contributed by atoms with Crippen LogP contribution in [0.3, 0.4) is 0 Å². The molecule has 1 saturated heterocycles. The van der Waals surface area contributed by atoms with Gasteiger partial charge in [-0.2, -0.15) is 4.36 Å². The first-order chi connectivity index (χ1) is 8.14. The minimum atomic E-state index is -2.14. The molecule has 0 bridgehead atoms. The predicted molar refractivity (Wildman–Crippen MR) is 71.8 cm³/mol. The fourth-order valence-corrected chi connectivity index (χ4v) is 4.42. The Labute approximate surface area is 107 Å². The van der Waals surface area contributed by atoms with Crippen LogP contribution in [-0.4, -0.2) is 22.8 Å². The molecule has 0 saturated carbocycles. The van der Waals surface area contributed by atoms with E-state index in [1.54, 1.807) is 25.3 Å². The summed E-state index contributed by atoms with van der Waals surface area (Å²) < 4.78 is 22.1. The van der Waals surface area contributed by atoms with Crippen LogP contribution in [0.5, 0.6) is 5.75 Å². The maximum atomic E-state index is 12.5. The summed E-state index contributed by atoms with van der Waals surface area (Å²) in [4.78, 5) is 0. The van der Waals surface area contributed by atoms with Gasteiger partial charge in [-0.3, -0.25) is 0 Å². The lowest BCUT2D eigenvalue weighted by Crippen LogP contribution is -2.15. The van der Waals surface area contributed by atoms with Gasteiger partial charge in [-0.05, 0) is 25.0 Å². The Balaban J connectivity index is 2.47. The van der Waals surface area contributed by atoms with Gasteiger partial charge in [0.1, 0.15) is 11.4 Å². The fraction of sp³-hybridized carbons (Fsp3) is 0.500. The van der Waals surface area contributed by atoms with E-state index in [0.717, 1.165) is 19.3 Å². The summed E-state index contributed by atoms with van der Waals surface area (Å²) >= 11 is 6.09. The molecule has 0 atom stereocenters. The molecule has 0 aromatic heterocycles. The van der Waals surface area contributed by atoms with Crippen LogP contribution in [0.2, 0.25) is 5.02 Å². The van der Waals surface area contributed by atoms with E-state index in [1.165, 1.54) is 0 Å². The van der Waals surface area contributed by atoms with Crippen LogP contribution in [0.15, 0.2) is 22.6 Å². The van der Waals surface area contributed by atoms with Gasteiger partial charge in [0.25, 0.3) is 0 Å². The molecule has 0 amide bonds. The van der Waals surface area contributed by atoms with Crippen molar-refractivity contribution >= 4 is 27.0 Å². The van der Waals surface area contributed by atoms with Gasteiger partial charge in [-0.15, -0.1) is 0 Å². The summed E-state index contributed by atoms with van der Waals surface area (Å²) in [6.07, 6.45) is 3.11. The van der Waals surface area contributed by atoms with E-state index in [2.05, 4.69) is 4.36 Å². The van der Waals surface area contributed by atoms with E-state index >= 15 is 0 Å². The standard InChI is InChI=1S/C12H16ClNO2S/c1-16-11-7-5-6-10(13)12(11)14-17(15)8-3-2-4-9-17/h5-7H,2-4,8-9H2,1H3. The summed E-state index contributed by atoms with van der Waals surface area (Å²) in [7, 11) is -0.570. The molecule has 2 rings (SSSR count). The van der Waals surface area contributed by atoms with Crippen LogP contribution in [0.1, 0.15) is 19.3 Å². The Morgan fingerprint density at radius 3 is 2.65 bits per heavy atom. The van der Waals surface area contributed by atoms with E-state index in [1.807, 2.05) is 0 Å².